The molecular weight excluding hydrogens is 212 g/mol. The molecule has 2 nitrogen and oxygen atoms in total. The molecule has 2 aliphatic carbocycles. The summed E-state index contributed by atoms with van der Waals surface area (Å²) in [5, 5.41) is 0. The van der Waals surface area contributed by atoms with Gasteiger partial charge in [0, 0.05) is 12.3 Å². The molecule has 1 spiro atoms. The van der Waals surface area contributed by atoms with Crippen molar-refractivity contribution in [1.29, 1.82) is 0 Å². The van der Waals surface area contributed by atoms with Crippen molar-refractivity contribution in [2.75, 3.05) is 0 Å². The summed E-state index contributed by atoms with van der Waals surface area (Å²) in [7, 11) is 0. The van der Waals surface area contributed by atoms with E-state index in [1.165, 1.54) is 25.7 Å². The van der Waals surface area contributed by atoms with Gasteiger partial charge in [-0.25, -0.2) is 0 Å². The number of carbonyl (C=O) groups is 1. The first-order valence-electron chi connectivity index (χ1n) is 7.41. The van der Waals surface area contributed by atoms with Gasteiger partial charge in [0.15, 0.2) is 0 Å². The van der Waals surface area contributed by atoms with E-state index >= 15 is 0 Å². The number of ether oxygens (including phenoxy) is 1. The highest BCUT2D eigenvalue weighted by Crippen LogP contribution is 2.59. The zero-order chi connectivity index (χ0) is 11.6. The molecule has 4 fully saturated rings. The predicted octanol–water partition coefficient (Wildman–Crippen LogP) is 2.95. The molecule has 2 heteroatoms. The Bertz CT molecular complexity index is 364. The molecule has 94 valence electrons. The van der Waals surface area contributed by atoms with Gasteiger partial charge in [-0.3, -0.25) is 4.79 Å². The predicted molar refractivity (Wildman–Crippen MR) is 64.6 cm³/mol. The first kappa shape index (κ1) is 10.5. The maximum atomic E-state index is 12.1. The highest BCUT2D eigenvalue weighted by molar-refractivity contribution is 5.84. The molecule has 4 rings (SSSR count). The van der Waals surface area contributed by atoms with E-state index in [1.54, 1.807) is 0 Å². The number of fused-ring (bicyclic) bond motifs is 3. The minimum atomic E-state index is 0.176. The van der Waals surface area contributed by atoms with E-state index in [1.807, 2.05) is 0 Å². The van der Waals surface area contributed by atoms with E-state index in [9.17, 15) is 4.79 Å². The zero-order valence-corrected chi connectivity index (χ0v) is 10.7. The maximum absolute atomic E-state index is 12.1. The summed E-state index contributed by atoms with van der Waals surface area (Å²) in [5.41, 5.74) is 0.176. The summed E-state index contributed by atoms with van der Waals surface area (Å²) in [6.07, 6.45) is 8.59. The Morgan fingerprint density at radius 2 is 2.18 bits per heavy atom. The second kappa shape index (κ2) is 3.34. The third kappa shape index (κ3) is 1.23. The molecule has 0 radical (unpaired) electrons. The topological polar surface area (TPSA) is 26.3 Å². The molecule has 2 saturated heterocycles. The monoisotopic (exact) mass is 234 g/mol. The lowest BCUT2D eigenvalue weighted by molar-refractivity contribution is -0.128. The second-order valence-corrected chi connectivity index (χ2v) is 6.86. The fourth-order valence-electron chi connectivity index (χ4n) is 5.49. The largest absolute Gasteiger partial charge is 0.370 e. The molecular formula is C15H22O2. The van der Waals surface area contributed by atoms with Crippen LogP contribution in [0.4, 0.5) is 0 Å². The average Bonchev–Trinajstić information content (AvgIpc) is 2.90. The number of hydrogen-bond acceptors (Lipinski definition) is 2. The number of Topliss-reactive ketones (excluding diaryl/α,β-unsaturated/α-hetero) is 1. The highest BCUT2D eigenvalue weighted by atomic mass is 16.5. The van der Waals surface area contributed by atoms with E-state index in [0.29, 0.717) is 17.6 Å². The van der Waals surface area contributed by atoms with Crippen LogP contribution >= 0.6 is 0 Å². The summed E-state index contributed by atoms with van der Waals surface area (Å²) in [6.45, 7) is 2.36. The lowest BCUT2D eigenvalue weighted by atomic mass is 9.71. The molecule has 0 aromatic heterocycles. The Morgan fingerprint density at radius 1 is 1.29 bits per heavy atom. The van der Waals surface area contributed by atoms with Gasteiger partial charge in [-0.1, -0.05) is 13.3 Å². The SMILES string of the molecule is CC1C[C@H]2O[C@@]13CCC[C@H]3CC1CCC(=O)C12. The molecule has 17 heavy (non-hydrogen) atoms. The van der Waals surface area contributed by atoms with Crippen LogP contribution in [0.5, 0.6) is 0 Å². The average molecular weight is 234 g/mol. The lowest BCUT2D eigenvalue weighted by Gasteiger charge is -2.35. The van der Waals surface area contributed by atoms with Crippen molar-refractivity contribution >= 4 is 5.78 Å². The fraction of sp³-hybridized carbons (Fsp3) is 0.933. The Kier molecular flexibility index (Phi) is 2.07. The maximum Gasteiger partial charge on any atom is 0.138 e. The summed E-state index contributed by atoms with van der Waals surface area (Å²) in [4.78, 5) is 12.1. The number of ketones is 1. The summed E-state index contributed by atoms with van der Waals surface area (Å²) >= 11 is 0. The number of hydrogen-bond donors (Lipinski definition) is 0. The van der Waals surface area contributed by atoms with Crippen LogP contribution < -0.4 is 0 Å². The third-order valence-electron chi connectivity index (χ3n) is 6.23. The summed E-state index contributed by atoms with van der Waals surface area (Å²) < 4.78 is 6.51. The normalized spacial score (nSPS) is 56.8. The van der Waals surface area contributed by atoms with Crippen LogP contribution in [0.25, 0.3) is 0 Å². The van der Waals surface area contributed by atoms with Gasteiger partial charge < -0.3 is 4.74 Å². The Hall–Kier alpha value is -0.370. The van der Waals surface area contributed by atoms with Crippen LogP contribution in [0.1, 0.15) is 51.9 Å². The quantitative estimate of drug-likeness (QED) is 0.644. The number of carbonyl (C=O) groups excluding carboxylic acids is 1. The van der Waals surface area contributed by atoms with Crippen LogP contribution in [0, 0.1) is 23.7 Å². The van der Waals surface area contributed by atoms with Crippen molar-refractivity contribution in [3.63, 3.8) is 0 Å². The van der Waals surface area contributed by atoms with Crippen LogP contribution in [0.2, 0.25) is 0 Å². The van der Waals surface area contributed by atoms with E-state index in [2.05, 4.69) is 6.92 Å². The highest BCUT2D eigenvalue weighted by Gasteiger charge is 2.60. The second-order valence-electron chi connectivity index (χ2n) is 6.86. The molecule has 3 unspecified atom stereocenters. The molecule has 4 aliphatic rings. The van der Waals surface area contributed by atoms with E-state index in [0.717, 1.165) is 25.2 Å². The first-order chi connectivity index (χ1) is 8.21. The van der Waals surface area contributed by atoms with Gasteiger partial charge in [0.25, 0.3) is 0 Å². The van der Waals surface area contributed by atoms with Gasteiger partial charge in [-0.2, -0.15) is 0 Å². The van der Waals surface area contributed by atoms with Gasteiger partial charge in [0.1, 0.15) is 5.78 Å². The summed E-state index contributed by atoms with van der Waals surface area (Å²) in [6, 6.07) is 0. The van der Waals surface area contributed by atoms with Crippen LogP contribution in [0.15, 0.2) is 0 Å². The summed E-state index contributed by atoms with van der Waals surface area (Å²) in [5.74, 6) is 2.86. The smallest absolute Gasteiger partial charge is 0.138 e. The zero-order valence-electron chi connectivity index (χ0n) is 10.7. The van der Waals surface area contributed by atoms with Crippen molar-refractivity contribution in [3.8, 4) is 0 Å². The van der Waals surface area contributed by atoms with Gasteiger partial charge in [-0.15, -0.1) is 0 Å². The molecule has 2 saturated carbocycles. The molecule has 2 bridgehead atoms. The van der Waals surface area contributed by atoms with E-state index < -0.39 is 0 Å². The van der Waals surface area contributed by atoms with Crippen molar-refractivity contribution in [1.82, 2.24) is 0 Å². The first-order valence-corrected chi connectivity index (χ1v) is 7.41. The molecule has 0 aromatic rings. The fourth-order valence-corrected chi connectivity index (χ4v) is 5.49. The van der Waals surface area contributed by atoms with Crippen LogP contribution in [-0.4, -0.2) is 17.5 Å². The third-order valence-corrected chi connectivity index (χ3v) is 6.23. The molecule has 0 amide bonds. The van der Waals surface area contributed by atoms with Gasteiger partial charge in [0.05, 0.1) is 11.7 Å². The van der Waals surface area contributed by atoms with Crippen LogP contribution in [-0.2, 0) is 9.53 Å². The van der Waals surface area contributed by atoms with E-state index in [4.69, 9.17) is 4.74 Å². The van der Waals surface area contributed by atoms with Crippen LogP contribution in [0.3, 0.4) is 0 Å². The minimum absolute atomic E-state index is 0.176. The van der Waals surface area contributed by atoms with Crippen molar-refractivity contribution in [2.45, 2.75) is 63.6 Å². The standard InChI is InChI=1S/C15H22O2/c1-9-7-13-14-10(4-5-12(14)16)8-11-3-2-6-15(9,11)17-13/h9-11,13-14H,2-8H2,1H3/t9?,10?,11-,13+,14?,15-/m0/s1. The van der Waals surface area contributed by atoms with Gasteiger partial charge in [0.2, 0.25) is 0 Å². The van der Waals surface area contributed by atoms with E-state index in [-0.39, 0.29) is 17.6 Å². The lowest BCUT2D eigenvalue weighted by Crippen LogP contribution is -2.38. The number of rotatable bonds is 0. The van der Waals surface area contributed by atoms with Crippen molar-refractivity contribution < 1.29 is 9.53 Å². The van der Waals surface area contributed by atoms with Gasteiger partial charge >= 0.3 is 0 Å². The Labute approximate surface area is 103 Å². The molecule has 2 heterocycles. The molecule has 0 aromatic carbocycles. The van der Waals surface area contributed by atoms with Gasteiger partial charge in [-0.05, 0) is 49.9 Å². The Morgan fingerprint density at radius 3 is 3.06 bits per heavy atom. The molecule has 2 aliphatic heterocycles. The van der Waals surface area contributed by atoms with Crippen molar-refractivity contribution in [2.24, 2.45) is 23.7 Å². The Balaban J connectivity index is 1.75. The molecule has 0 N–H and O–H groups in total. The van der Waals surface area contributed by atoms with Crippen molar-refractivity contribution in [3.05, 3.63) is 0 Å². The minimum Gasteiger partial charge on any atom is -0.370 e. The molecule has 6 atom stereocenters.